The number of hydrogen-bond acceptors (Lipinski definition) is 3. The SMILES string of the molecule is CN(c1ccccc1)S(=O)(=O)c1ccccc1/C=C/C(=O)O. The van der Waals surface area contributed by atoms with Gasteiger partial charge in [-0.1, -0.05) is 36.4 Å². The summed E-state index contributed by atoms with van der Waals surface area (Å²) >= 11 is 0. The highest BCUT2D eigenvalue weighted by atomic mass is 32.2. The first-order chi connectivity index (χ1) is 10.4. The fraction of sp³-hybridized carbons (Fsp3) is 0.0625. The van der Waals surface area contributed by atoms with E-state index in [0.29, 0.717) is 11.3 Å². The van der Waals surface area contributed by atoms with Crippen LogP contribution < -0.4 is 4.31 Å². The molecule has 0 aliphatic heterocycles. The Bertz CT molecular complexity index is 798. The summed E-state index contributed by atoms with van der Waals surface area (Å²) in [4.78, 5) is 10.7. The number of carbonyl (C=O) groups is 1. The van der Waals surface area contributed by atoms with Crippen LogP contribution >= 0.6 is 0 Å². The minimum Gasteiger partial charge on any atom is -0.478 e. The second kappa shape index (κ2) is 6.44. The van der Waals surface area contributed by atoms with E-state index >= 15 is 0 Å². The standard InChI is InChI=1S/C16H15NO4S/c1-17(14-8-3-2-4-9-14)22(20,21)15-10-6-5-7-13(15)11-12-16(18)19/h2-12H,1H3,(H,18,19)/b12-11+. The smallest absolute Gasteiger partial charge is 0.328 e. The predicted molar refractivity (Wildman–Crippen MR) is 85.1 cm³/mol. The van der Waals surface area contributed by atoms with Crippen molar-refractivity contribution in [3.05, 3.63) is 66.2 Å². The minimum absolute atomic E-state index is 0.0545. The molecule has 2 aromatic rings. The summed E-state index contributed by atoms with van der Waals surface area (Å²) in [5, 5.41) is 8.71. The number of hydrogen-bond donors (Lipinski definition) is 1. The van der Waals surface area contributed by atoms with E-state index < -0.39 is 16.0 Å². The van der Waals surface area contributed by atoms with Gasteiger partial charge in [-0.15, -0.1) is 0 Å². The molecule has 0 spiro atoms. The molecule has 5 nitrogen and oxygen atoms in total. The third kappa shape index (κ3) is 3.35. The first-order valence-electron chi connectivity index (χ1n) is 6.47. The Kier molecular flexibility index (Phi) is 4.62. The molecule has 2 rings (SSSR count). The van der Waals surface area contributed by atoms with E-state index in [9.17, 15) is 13.2 Å². The molecule has 0 aliphatic rings. The molecule has 6 heteroatoms. The zero-order chi connectivity index (χ0) is 16.2. The van der Waals surface area contributed by atoms with Crippen molar-refractivity contribution in [2.75, 3.05) is 11.4 Å². The summed E-state index contributed by atoms with van der Waals surface area (Å²) in [6.45, 7) is 0. The van der Waals surface area contributed by atoms with Crippen molar-refractivity contribution in [1.82, 2.24) is 0 Å². The third-order valence-corrected chi connectivity index (χ3v) is 4.94. The third-order valence-electron chi connectivity index (χ3n) is 3.08. The zero-order valence-electron chi connectivity index (χ0n) is 11.9. The van der Waals surface area contributed by atoms with Crippen LogP contribution in [0.2, 0.25) is 0 Å². The number of benzene rings is 2. The van der Waals surface area contributed by atoms with Gasteiger partial charge in [0.2, 0.25) is 0 Å². The number of rotatable bonds is 5. The Hall–Kier alpha value is -2.60. The highest BCUT2D eigenvalue weighted by Crippen LogP contribution is 2.24. The van der Waals surface area contributed by atoms with Crippen molar-refractivity contribution < 1.29 is 18.3 Å². The van der Waals surface area contributed by atoms with Crippen LogP contribution in [0.1, 0.15) is 5.56 Å². The molecule has 0 aliphatic carbocycles. The number of sulfonamides is 1. The topological polar surface area (TPSA) is 74.7 Å². The maximum atomic E-state index is 12.7. The van der Waals surface area contributed by atoms with Gasteiger partial charge in [-0.3, -0.25) is 4.31 Å². The summed E-state index contributed by atoms with van der Waals surface area (Å²) in [6, 6.07) is 14.9. The van der Waals surface area contributed by atoms with E-state index in [4.69, 9.17) is 5.11 Å². The van der Waals surface area contributed by atoms with E-state index in [1.54, 1.807) is 48.5 Å². The zero-order valence-corrected chi connectivity index (χ0v) is 12.7. The molecule has 2 aromatic carbocycles. The first kappa shape index (κ1) is 15.8. The largest absolute Gasteiger partial charge is 0.478 e. The molecule has 0 saturated heterocycles. The Morgan fingerprint density at radius 1 is 1.05 bits per heavy atom. The average Bonchev–Trinajstić information content (AvgIpc) is 2.53. The molecule has 0 aromatic heterocycles. The molecule has 0 radical (unpaired) electrons. The van der Waals surface area contributed by atoms with E-state index in [-0.39, 0.29) is 4.90 Å². The minimum atomic E-state index is -3.78. The van der Waals surface area contributed by atoms with Gasteiger partial charge in [0.15, 0.2) is 0 Å². The van der Waals surface area contributed by atoms with E-state index in [2.05, 4.69) is 0 Å². The Labute approximate surface area is 129 Å². The Morgan fingerprint density at radius 2 is 1.64 bits per heavy atom. The van der Waals surface area contributed by atoms with Crippen molar-refractivity contribution in [3.8, 4) is 0 Å². The maximum absolute atomic E-state index is 12.7. The lowest BCUT2D eigenvalue weighted by Gasteiger charge is -2.20. The number of anilines is 1. The van der Waals surface area contributed by atoms with Crippen LogP contribution in [0.4, 0.5) is 5.69 Å². The van der Waals surface area contributed by atoms with Crippen molar-refractivity contribution >= 4 is 27.8 Å². The number of nitrogens with zero attached hydrogens (tertiary/aromatic N) is 1. The van der Waals surface area contributed by atoms with Crippen LogP contribution in [-0.2, 0) is 14.8 Å². The van der Waals surface area contributed by atoms with E-state index in [1.165, 1.54) is 23.5 Å². The molecule has 0 heterocycles. The van der Waals surface area contributed by atoms with Gasteiger partial charge in [0.25, 0.3) is 10.0 Å². The highest BCUT2D eigenvalue weighted by Gasteiger charge is 2.23. The number of carboxylic acid groups (broad SMARTS) is 1. The van der Waals surface area contributed by atoms with Crippen molar-refractivity contribution in [1.29, 1.82) is 0 Å². The molecule has 114 valence electrons. The van der Waals surface area contributed by atoms with Gasteiger partial charge in [0, 0.05) is 13.1 Å². The molecule has 0 bridgehead atoms. The van der Waals surface area contributed by atoms with Gasteiger partial charge in [0.05, 0.1) is 10.6 Å². The lowest BCUT2D eigenvalue weighted by molar-refractivity contribution is -0.131. The van der Waals surface area contributed by atoms with Gasteiger partial charge in [0.1, 0.15) is 0 Å². The second-order valence-corrected chi connectivity index (χ2v) is 6.46. The molecular weight excluding hydrogens is 302 g/mol. The van der Waals surface area contributed by atoms with Gasteiger partial charge >= 0.3 is 5.97 Å². The summed E-state index contributed by atoms with van der Waals surface area (Å²) in [7, 11) is -2.32. The van der Waals surface area contributed by atoms with Crippen LogP contribution in [0.15, 0.2) is 65.6 Å². The summed E-state index contributed by atoms with van der Waals surface area (Å²) in [6.07, 6.45) is 2.19. The van der Waals surface area contributed by atoms with Crippen molar-refractivity contribution in [3.63, 3.8) is 0 Å². The average molecular weight is 317 g/mol. The van der Waals surface area contributed by atoms with Gasteiger partial charge in [-0.05, 0) is 29.8 Å². The first-order valence-corrected chi connectivity index (χ1v) is 7.91. The highest BCUT2D eigenvalue weighted by molar-refractivity contribution is 7.92. The second-order valence-electron chi connectivity index (χ2n) is 4.52. The molecule has 0 unspecified atom stereocenters. The quantitative estimate of drug-likeness (QED) is 0.860. The molecule has 0 amide bonds. The number of carboxylic acids is 1. The van der Waals surface area contributed by atoms with Crippen LogP contribution in [-0.4, -0.2) is 26.5 Å². The Balaban J connectivity index is 2.48. The predicted octanol–water partition coefficient (Wildman–Crippen LogP) is 2.61. The summed E-state index contributed by atoms with van der Waals surface area (Å²) in [5.41, 5.74) is 0.854. The van der Waals surface area contributed by atoms with Crippen molar-refractivity contribution in [2.45, 2.75) is 4.90 Å². The molecule has 0 fully saturated rings. The molecule has 0 atom stereocenters. The lowest BCUT2D eigenvalue weighted by Crippen LogP contribution is -2.27. The molecule has 1 N–H and O–H groups in total. The van der Waals surface area contributed by atoms with Gasteiger partial charge < -0.3 is 5.11 Å². The number of aliphatic carboxylic acids is 1. The molecule has 22 heavy (non-hydrogen) atoms. The van der Waals surface area contributed by atoms with Crippen LogP contribution in [0, 0.1) is 0 Å². The molecular formula is C16H15NO4S. The monoisotopic (exact) mass is 317 g/mol. The van der Waals surface area contributed by atoms with Gasteiger partial charge in [-0.25, -0.2) is 13.2 Å². The normalized spacial score (nSPS) is 11.5. The number of para-hydroxylation sites is 1. The lowest BCUT2D eigenvalue weighted by atomic mass is 10.2. The maximum Gasteiger partial charge on any atom is 0.328 e. The van der Waals surface area contributed by atoms with Crippen LogP contribution in [0.5, 0.6) is 0 Å². The van der Waals surface area contributed by atoms with E-state index in [0.717, 1.165) is 6.08 Å². The summed E-state index contributed by atoms with van der Waals surface area (Å²) < 4.78 is 26.7. The summed E-state index contributed by atoms with van der Waals surface area (Å²) in [5.74, 6) is -1.14. The van der Waals surface area contributed by atoms with E-state index in [1.807, 2.05) is 0 Å². The Morgan fingerprint density at radius 3 is 2.27 bits per heavy atom. The fourth-order valence-electron chi connectivity index (χ4n) is 1.94. The van der Waals surface area contributed by atoms with Gasteiger partial charge in [-0.2, -0.15) is 0 Å². The van der Waals surface area contributed by atoms with Crippen LogP contribution in [0.25, 0.3) is 6.08 Å². The van der Waals surface area contributed by atoms with Crippen LogP contribution in [0.3, 0.4) is 0 Å². The fourth-order valence-corrected chi connectivity index (χ4v) is 3.32. The van der Waals surface area contributed by atoms with Crippen molar-refractivity contribution in [2.24, 2.45) is 0 Å². The molecule has 0 saturated carbocycles.